The molecule has 0 atom stereocenters. The number of nitrogens with zero attached hydrogens (tertiary/aromatic N) is 1. The summed E-state index contributed by atoms with van der Waals surface area (Å²) in [4.78, 5) is 0. The Balaban J connectivity index is 2.06. The Hall–Kier alpha value is -2.49. The minimum Gasteiger partial charge on any atom is -0.486 e. The van der Waals surface area contributed by atoms with Crippen molar-refractivity contribution in [3.63, 3.8) is 0 Å². The normalized spacial score (nSPS) is 11.2. The Morgan fingerprint density at radius 3 is 2.17 bits per heavy atom. The third kappa shape index (κ3) is 3.01. The monoisotopic (exact) mass is 241 g/mol. The van der Waals surface area contributed by atoms with E-state index in [2.05, 4.69) is 17.2 Å². The van der Waals surface area contributed by atoms with Gasteiger partial charge in [0, 0.05) is 0 Å². The van der Waals surface area contributed by atoms with Crippen LogP contribution < -0.4 is 16.3 Å². The second-order valence-electron chi connectivity index (χ2n) is 3.80. The highest BCUT2D eigenvalue weighted by atomic mass is 16.5. The maximum absolute atomic E-state index is 5.44. The van der Waals surface area contributed by atoms with Crippen LogP contribution in [-0.2, 0) is 0 Å². The molecule has 2 aromatic carbocycles. The molecule has 0 heterocycles. The van der Waals surface area contributed by atoms with E-state index in [-0.39, 0.29) is 12.4 Å². The number of ether oxygens (including phenoxy) is 1. The lowest BCUT2D eigenvalue weighted by Gasteiger charge is -2.06. The Kier molecular flexibility index (Phi) is 3.81. The number of nitrogens with two attached hydrogens (primary N) is 2. The molecular weight excluding hydrogens is 226 g/mol. The number of rotatable bonds is 4. The Morgan fingerprint density at radius 1 is 0.944 bits per heavy atom. The Morgan fingerprint density at radius 2 is 1.56 bits per heavy atom. The van der Waals surface area contributed by atoms with Crippen molar-refractivity contribution < 1.29 is 4.74 Å². The van der Waals surface area contributed by atoms with Gasteiger partial charge in [-0.25, -0.2) is 0 Å². The molecule has 0 unspecified atom stereocenters. The molecule has 4 nitrogen and oxygen atoms in total. The number of hydrogen-bond acceptors (Lipinski definition) is 3. The summed E-state index contributed by atoms with van der Waals surface area (Å²) in [6, 6.07) is 17.9. The average Bonchev–Trinajstić information content (AvgIpc) is 2.46. The SMILES string of the molecule is N/N=C(\N)COc1ccc(-c2ccccc2)cc1. The van der Waals surface area contributed by atoms with E-state index in [1.807, 2.05) is 42.5 Å². The topological polar surface area (TPSA) is 73.6 Å². The van der Waals surface area contributed by atoms with Crippen molar-refractivity contribution in [1.29, 1.82) is 0 Å². The summed E-state index contributed by atoms with van der Waals surface area (Å²) >= 11 is 0. The number of benzene rings is 2. The second-order valence-corrected chi connectivity index (χ2v) is 3.80. The molecule has 92 valence electrons. The van der Waals surface area contributed by atoms with Crippen LogP contribution in [-0.4, -0.2) is 12.4 Å². The Labute approximate surface area is 106 Å². The molecule has 2 rings (SSSR count). The van der Waals surface area contributed by atoms with Gasteiger partial charge >= 0.3 is 0 Å². The molecular formula is C14H15N3O. The maximum atomic E-state index is 5.44. The van der Waals surface area contributed by atoms with Crippen molar-refractivity contribution >= 4 is 5.84 Å². The lowest BCUT2D eigenvalue weighted by Crippen LogP contribution is -2.22. The third-order valence-electron chi connectivity index (χ3n) is 2.51. The van der Waals surface area contributed by atoms with E-state index < -0.39 is 0 Å². The highest BCUT2D eigenvalue weighted by Gasteiger charge is 1.99. The summed E-state index contributed by atoms with van der Waals surface area (Å²) in [7, 11) is 0. The molecule has 0 aromatic heterocycles. The first-order chi connectivity index (χ1) is 8.79. The third-order valence-corrected chi connectivity index (χ3v) is 2.51. The van der Waals surface area contributed by atoms with E-state index in [9.17, 15) is 0 Å². The van der Waals surface area contributed by atoms with Crippen LogP contribution in [0.2, 0.25) is 0 Å². The first-order valence-corrected chi connectivity index (χ1v) is 5.60. The zero-order chi connectivity index (χ0) is 12.8. The molecule has 0 radical (unpaired) electrons. The highest BCUT2D eigenvalue weighted by Crippen LogP contribution is 2.21. The summed E-state index contributed by atoms with van der Waals surface area (Å²) < 4.78 is 5.41. The van der Waals surface area contributed by atoms with Gasteiger partial charge in [0.1, 0.15) is 12.4 Å². The molecule has 0 amide bonds. The summed E-state index contributed by atoms with van der Waals surface area (Å²) in [5.74, 6) is 6.02. The van der Waals surface area contributed by atoms with Gasteiger partial charge in [0.15, 0.2) is 5.84 Å². The standard InChI is InChI=1S/C14H15N3O/c15-14(17-16)10-18-13-8-6-12(7-9-13)11-4-2-1-3-5-11/h1-9H,10,16H2,(H2,15,17). The van der Waals surface area contributed by atoms with Crippen LogP contribution in [0.3, 0.4) is 0 Å². The fraction of sp³-hybridized carbons (Fsp3) is 0.0714. The number of hydrazone groups is 1. The molecule has 0 fully saturated rings. The van der Waals surface area contributed by atoms with Gasteiger partial charge in [-0.15, -0.1) is 0 Å². The summed E-state index contributed by atoms with van der Waals surface area (Å²) in [5, 5.41) is 3.34. The molecule has 4 heteroatoms. The molecule has 4 N–H and O–H groups in total. The van der Waals surface area contributed by atoms with Gasteiger partial charge in [-0.1, -0.05) is 42.5 Å². The van der Waals surface area contributed by atoms with Crippen LogP contribution in [0.15, 0.2) is 59.7 Å². The maximum Gasteiger partial charge on any atom is 0.157 e. The van der Waals surface area contributed by atoms with E-state index in [4.69, 9.17) is 16.3 Å². The summed E-state index contributed by atoms with van der Waals surface area (Å²) in [6.45, 7) is 0.196. The Bertz CT molecular complexity index is 520. The molecule has 18 heavy (non-hydrogen) atoms. The van der Waals surface area contributed by atoms with Crippen molar-refractivity contribution in [2.75, 3.05) is 6.61 Å². The van der Waals surface area contributed by atoms with Gasteiger partial charge in [-0.2, -0.15) is 5.10 Å². The van der Waals surface area contributed by atoms with E-state index in [1.165, 1.54) is 5.56 Å². The molecule has 2 aromatic rings. The molecule has 0 aliphatic rings. The predicted octanol–water partition coefficient (Wildman–Crippen LogP) is 1.96. The first-order valence-electron chi connectivity index (χ1n) is 5.60. The van der Waals surface area contributed by atoms with E-state index in [0.717, 1.165) is 11.3 Å². The quantitative estimate of drug-likeness (QED) is 0.372. The molecule has 0 aliphatic carbocycles. The molecule has 0 bridgehead atoms. The molecule has 0 spiro atoms. The van der Waals surface area contributed by atoms with Gasteiger partial charge in [0.2, 0.25) is 0 Å². The number of amidine groups is 1. The van der Waals surface area contributed by atoms with Crippen molar-refractivity contribution in [2.24, 2.45) is 16.7 Å². The van der Waals surface area contributed by atoms with Crippen molar-refractivity contribution in [3.8, 4) is 16.9 Å². The lowest BCUT2D eigenvalue weighted by atomic mass is 10.1. The summed E-state index contributed by atoms with van der Waals surface area (Å²) in [5.41, 5.74) is 7.76. The summed E-state index contributed by atoms with van der Waals surface area (Å²) in [6.07, 6.45) is 0. The van der Waals surface area contributed by atoms with Crippen LogP contribution in [0, 0.1) is 0 Å². The van der Waals surface area contributed by atoms with Gasteiger partial charge < -0.3 is 16.3 Å². The average molecular weight is 241 g/mol. The van der Waals surface area contributed by atoms with Crippen LogP contribution in [0.4, 0.5) is 0 Å². The van der Waals surface area contributed by atoms with Crippen LogP contribution in [0.25, 0.3) is 11.1 Å². The fourth-order valence-electron chi connectivity index (χ4n) is 1.57. The van der Waals surface area contributed by atoms with Crippen molar-refractivity contribution in [3.05, 3.63) is 54.6 Å². The zero-order valence-electron chi connectivity index (χ0n) is 9.91. The smallest absolute Gasteiger partial charge is 0.157 e. The zero-order valence-corrected chi connectivity index (χ0v) is 9.91. The molecule has 0 saturated heterocycles. The van der Waals surface area contributed by atoms with Gasteiger partial charge in [-0.05, 0) is 23.3 Å². The van der Waals surface area contributed by atoms with Gasteiger partial charge in [-0.3, -0.25) is 0 Å². The van der Waals surface area contributed by atoms with E-state index in [1.54, 1.807) is 0 Å². The van der Waals surface area contributed by atoms with Crippen molar-refractivity contribution in [1.82, 2.24) is 0 Å². The highest BCUT2D eigenvalue weighted by molar-refractivity contribution is 5.81. The second kappa shape index (κ2) is 5.72. The molecule has 0 saturated carbocycles. The van der Waals surface area contributed by atoms with Crippen LogP contribution in [0.5, 0.6) is 5.75 Å². The van der Waals surface area contributed by atoms with Crippen LogP contribution >= 0.6 is 0 Å². The van der Waals surface area contributed by atoms with Gasteiger partial charge in [0.05, 0.1) is 0 Å². The number of hydrogen-bond donors (Lipinski definition) is 2. The molecule has 0 aliphatic heterocycles. The van der Waals surface area contributed by atoms with Crippen LogP contribution in [0.1, 0.15) is 0 Å². The van der Waals surface area contributed by atoms with E-state index in [0.29, 0.717) is 0 Å². The van der Waals surface area contributed by atoms with Gasteiger partial charge in [0.25, 0.3) is 0 Å². The minimum absolute atomic E-state index is 0.196. The predicted molar refractivity (Wildman–Crippen MR) is 73.2 cm³/mol. The van der Waals surface area contributed by atoms with E-state index >= 15 is 0 Å². The largest absolute Gasteiger partial charge is 0.486 e. The first kappa shape index (κ1) is 12.0. The fourth-order valence-corrected chi connectivity index (χ4v) is 1.57. The lowest BCUT2D eigenvalue weighted by molar-refractivity contribution is 0.375. The van der Waals surface area contributed by atoms with Crippen molar-refractivity contribution in [2.45, 2.75) is 0 Å². The minimum atomic E-state index is 0.196.